The number of aliphatic hydroxyl groups is 1. The molecule has 1 unspecified atom stereocenters. The van der Waals surface area contributed by atoms with Crippen LogP contribution in [0.4, 0.5) is 0 Å². The van der Waals surface area contributed by atoms with Gasteiger partial charge in [0.25, 0.3) is 0 Å². The molecule has 2 rings (SSSR count). The van der Waals surface area contributed by atoms with Crippen LogP contribution in [0, 0.1) is 17.8 Å². The van der Waals surface area contributed by atoms with Gasteiger partial charge in [0.1, 0.15) is 12.3 Å². The summed E-state index contributed by atoms with van der Waals surface area (Å²) >= 11 is 0. The molecule has 24 heavy (non-hydrogen) atoms. The first-order valence-corrected chi connectivity index (χ1v) is 8.21. The first-order valence-electron chi connectivity index (χ1n) is 8.21. The fourth-order valence-corrected chi connectivity index (χ4v) is 3.31. The van der Waals surface area contributed by atoms with Gasteiger partial charge < -0.3 is 19.5 Å². The fourth-order valence-electron chi connectivity index (χ4n) is 3.31. The Bertz CT molecular complexity index is 580. The standard InChI is InChI=1S/C17H25NO6/c1-8(2)6-24-17(22)15-12(7-23-11(5)20)9(3)14-13(10(4)19)16(21)18(14)15/h8-10,13-14,19H,6-7H2,1-5H3/t9-,10+,13+,14?/m0/s1. The number of carbonyl (C=O) groups is 3. The molecule has 0 saturated carbocycles. The lowest BCUT2D eigenvalue weighted by atomic mass is 9.78. The van der Waals surface area contributed by atoms with Crippen LogP contribution in [0.2, 0.25) is 0 Å². The minimum absolute atomic E-state index is 0.0601. The van der Waals surface area contributed by atoms with Crippen molar-refractivity contribution < 1.29 is 29.0 Å². The number of β-lactam (4-membered cyclic amide) rings is 1. The highest BCUT2D eigenvalue weighted by atomic mass is 16.5. The van der Waals surface area contributed by atoms with E-state index in [1.165, 1.54) is 11.8 Å². The molecule has 2 heterocycles. The van der Waals surface area contributed by atoms with Gasteiger partial charge in [-0.1, -0.05) is 20.8 Å². The molecule has 7 heteroatoms. The lowest BCUT2D eigenvalue weighted by molar-refractivity contribution is -0.164. The fraction of sp³-hybridized carbons (Fsp3) is 0.706. The maximum atomic E-state index is 12.5. The van der Waals surface area contributed by atoms with Crippen molar-refractivity contribution in [3.8, 4) is 0 Å². The second kappa shape index (κ2) is 6.93. The number of fused-ring (bicyclic) bond motifs is 1. The molecule has 4 atom stereocenters. The molecule has 1 amide bonds. The van der Waals surface area contributed by atoms with Gasteiger partial charge >= 0.3 is 11.9 Å². The van der Waals surface area contributed by atoms with Crippen LogP contribution in [0.5, 0.6) is 0 Å². The number of ether oxygens (including phenoxy) is 2. The number of esters is 2. The van der Waals surface area contributed by atoms with Crippen LogP contribution >= 0.6 is 0 Å². The van der Waals surface area contributed by atoms with Crippen LogP contribution in [0.25, 0.3) is 0 Å². The van der Waals surface area contributed by atoms with E-state index in [9.17, 15) is 19.5 Å². The molecule has 2 aliphatic heterocycles. The third-order valence-corrected chi connectivity index (χ3v) is 4.49. The number of nitrogens with zero attached hydrogens (tertiary/aromatic N) is 1. The minimum atomic E-state index is -0.804. The number of hydrogen-bond donors (Lipinski definition) is 1. The Morgan fingerprint density at radius 3 is 2.38 bits per heavy atom. The van der Waals surface area contributed by atoms with Gasteiger partial charge in [0.2, 0.25) is 5.91 Å². The monoisotopic (exact) mass is 339 g/mol. The number of carbonyl (C=O) groups excluding carboxylic acids is 3. The van der Waals surface area contributed by atoms with E-state index in [2.05, 4.69) is 0 Å². The summed E-state index contributed by atoms with van der Waals surface area (Å²) in [6, 6.07) is -0.301. The van der Waals surface area contributed by atoms with Crippen molar-refractivity contribution in [2.45, 2.75) is 46.8 Å². The SMILES string of the molecule is CC(=O)OCC1=C(C(=O)OCC(C)C)N2C(=O)[C@H]([C@@H](C)O)C2[C@H]1C. The highest BCUT2D eigenvalue weighted by Crippen LogP contribution is 2.47. The second-order valence-corrected chi connectivity index (χ2v) is 6.90. The second-order valence-electron chi connectivity index (χ2n) is 6.90. The summed E-state index contributed by atoms with van der Waals surface area (Å²) in [5, 5.41) is 9.85. The summed E-state index contributed by atoms with van der Waals surface area (Å²) < 4.78 is 10.3. The third-order valence-electron chi connectivity index (χ3n) is 4.49. The van der Waals surface area contributed by atoms with E-state index >= 15 is 0 Å². The molecule has 0 bridgehead atoms. The summed E-state index contributed by atoms with van der Waals surface area (Å²) in [4.78, 5) is 37.4. The molecule has 2 aliphatic rings. The van der Waals surface area contributed by atoms with Crippen molar-refractivity contribution in [1.82, 2.24) is 4.90 Å². The summed E-state index contributed by atoms with van der Waals surface area (Å²) in [6.07, 6.45) is -0.804. The maximum absolute atomic E-state index is 12.5. The van der Waals surface area contributed by atoms with E-state index in [0.717, 1.165) is 0 Å². The molecule has 1 N–H and O–H groups in total. The molecule has 0 radical (unpaired) electrons. The Hall–Kier alpha value is -1.89. The van der Waals surface area contributed by atoms with E-state index in [4.69, 9.17) is 9.47 Å². The van der Waals surface area contributed by atoms with Crippen molar-refractivity contribution in [1.29, 1.82) is 0 Å². The van der Waals surface area contributed by atoms with Crippen molar-refractivity contribution in [3.63, 3.8) is 0 Å². The number of rotatable bonds is 6. The quantitative estimate of drug-likeness (QED) is 0.570. The largest absolute Gasteiger partial charge is 0.461 e. The van der Waals surface area contributed by atoms with Crippen LogP contribution in [0.15, 0.2) is 11.3 Å². The predicted molar refractivity (Wildman–Crippen MR) is 84.4 cm³/mol. The number of hydrogen-bond acceptors (Lipinski definition) is 6. The summed E-state index contributed by atoms with van der Waals surface area (Å²) in [5.74, 6) is -1.92. The van der Waals surface area contributed by atoms with Gasteiger partial charge in [-0.15, -0.1) is 0 Å². The van der Waals surface area contributed by atoms with Crippen molar-refractivity contribution >= 4 is 17.8 Å². The number of amides is 1. The molecule has 1 saturated heterocycles. The van der Waals surface area contributed by atoms with Gasteiger partial charge in [0.05, 0.1) is 24.7 Å². The molecule has 0 aromatic carbocycles. The maximum Gasteiger partial charge on any atom is 0.355 e. The molecule has 134 valence electrons. The van der Waals surface area contributed by atoms with Gasteiger partial charge in [0.15, 0.2) is 0 Å². The van der Waals surface area contributed by atoms with Crippen LogP contribution in [0.3, 0.4) is 0 Å². The Balaban J connectivity index is 2.29. The first kappa shape index (κ1) is 18.4. The first-order chi connectivity index (χ1) is 11.2. The smallest absolute Gasteiger partial charge is 0.355 e. The summed E-state index contributed by atoms with van der Waals surface area (Å²) in [7, 11) is 0. The molecule has 0 aromatic rings. The average molecular weight is 339 g/mol. The van der Waals surface area contributed by atoms with Gasteiger partial charge in [0, 0.05) is 18.4 Å². The molecule has 0 spiro atoms. The average Bonchev–Trinajstić information content (AvgIpc) is 2.71. The zero-order chi connectivity index (χ0) is 18.2. The highest BCUT2D eigenvalue weighted by Gasteiger charge is 2.60. The molecule has 7 nitrogen and oxygen atoms in total. The predicted octanol–water partition coefficient (Wildman–Crippen LogP) is 0.860. The highest BCUT2D eigenvalue weighted by molar-refractivity contribution is 6.00. The van der Waals surface area contributed by atoms with Crippen LogP contribution in [0.1, 0.15) is 34.6 Å². The van der Waals surface area contributed by atoms with E-state index in [0.29, 0.717) is 5.57 Å². The lowest BCUT2D eigenvalue weighted by Crippen LogP contribution is -2.63. The van der Waals surface area contributed by atoms with Crippen LogP contribution < -0.4 is 0 Å². The summed E-state index contributed by atoms with van der Waals surface area (Å²) in [5.41, 5.74) is 0.733. The normalized spacial score (nSPS) is 27.0. The third kappa shape index (κ3) is 3.17. The lowest BCUT2D eigenvalue weighted by Gasteiger charge is -2.46. The minimum Gasteiger partial charge on any atom is -0.461 e. The molecular formula is C17H25NO6. The van der Waals surface area contributed by atoms with Gasteiger partial charge in [-0.3, -0.25) is 9.59 Å². The molecular weight excluding hydrogens is 314 g/mol. The van der Waals surface area contributed by atoms with Crippen molar-refractivity contribution in [3.05, 3.63) is 11.3 Å². The van der Waals surface area contributed by atoms with Crippen molar-refractivity contribution in [2.75, 3.05) is 13.2 Å². The Morgan fingerprint density at radius 1 is 1.25 bits per heavy atom. The van der Waals surface area contributed by atoms with E-state index < -0.39 is 24.0 Å². The molecule has 0 aromatic heterocycles. The van der Waals surface area contributed by atoms with Gasteiger partial charge in [-0.25, -0.2) is 4.79 Å². The summed E-state index contributed by atoms with van der Waals surface area (Å²) in [6.45, 7) is 8.73. The number of aliphatic hydroxyl groups excluding tert-OH is 1. The van der Waals surface area contributed by atoms with Gasteiger partial charge in [-0.05, 0) is 12.8 Å². The van der Waals surface area contributed by atoms with Crippen LogP contribution in [-0.4, -0.2) is 53.2 Å². The van der Waals surface area contributed by atoms with E-state index in [1.54, 1.807) is 6.92 Å². The van der Waals surface area contributed by atoms with Gasteiger partial charge in [-0.2, -0.15) is 0 Å². The zero-order valence-corrected chi connectivity index (χ0v) is 14.7. The van der Waals surface area contributed by atoms with Crippen LogP contribution in [-0.2, 0) is 23.9 Å². The topological polar surface area (TPSA) is 93.1 Å². The van der Waals surface area contributed by atoms with E-state index in [-0.39, 0.29) is 42.7 Å². The van der Waals surface area contributed by atoms with E-state index in [1.807, 2.05) is 20.8 Å². The Kier molecular flexibility index (Phi) is 5.32. The zero-order valence-electron chi connectivity index (χ0n) is 14.7. The van der Waals surface area contributed by atoms with Crippen molar-refractivity contribution in [2.24, 2.45) is 17.8 Å². The molecule has 1 fully saturated rings. The Morgan fingerprint density at radius 2 is 1.88 bits per heavy atom. The Labute approximate surface area is 141 Å². The molecule has 0 aliphatic carbocycles.